The fourth-order valence-corrected chi connectivity index (χ4v) is 2.08. The smallest absolute Gasteiger partial charge is 0.287 e. The number of hydrogen-bond donors (Lipinski definition) is 0. The molecule has 0 aromatic heterocycles. The molecule has 2 aromatic carbocycles. The second-order valence-corrected chi connectivity index (χ2v) is 6.08. The standard InChI is InChI=1S/C14H12O5S/c1-20(16,17)13-9-7-12(8-10-13)18-19-14(15)11-5-3-2-4-6-11/h2-10H,1H3. The van der Waals surface area contributed by atoms with Crippen LogP contribution in [-0.2, 0) is 14.7 Å². The van der Waals surface area contributed by atoms with Gasteiger partial charge in [0, 0.05) is 6.26 Å². The molecule has 0 saturated carbocycles. The van der Waals surface area contributed by atoms with Crippen LogP contribution < -0.4 is 4.89 Å². The summed E-state index contributed by atoms with van der Waals surface area (Å²) >= 11 is 0. The third kappa shape index (κ3) is 3.58. The molecule has 104 valence electrons. The van der Waals surface area contributed by atoms with Crippen molar-refractivity contribution < 1.29 is 23.0 Å². The Bertz CT molecular complexity index is 690. The second kappa shape index (κ2) is 5.75. The van der Waals surface area contributed by atoms with Crippen LogP contribution in [-0.4, -0.2) is 20.6 Å². The minimum Gasteiger partial charge on any atom is -0.287 e. The highest BCUT2D eigenvalue weighted by Gasteiger charge is 2.10. The monoisotopic (exact) mass is 292 g/mol. The number of carbonyl (C=O) groups is 1. The quantitative estimate of drug-likeness (QED) is 0.638. The normalized spacial score (nSPS) is 10.8. The van der Waals surface area contributed by atoms with E-state index in [0.717, 1.165) is 6.26 Å². The van der Waals surface area contributed by atoms with E-state index in [0.29, 0.717) is 5.56 Å². The van der Waals surface area contributed by atoms with E-state index in [2.05, 4.69) is 4.89 Å². The Balaban J connectivity index is 2.00. The van der Waals surface area contributed by atoms with Crippen LogP contribution in [0.15, 0.2) is 59.5 Å². The zero-order valence-corrected chi connectivity index (χ0v) is 11.5. The molecule has 0 radical (unpaired) electrons. The fourth-order valence-electron chi connectivity index (χ4n) is 1.45. The summed E-state index contributed by atoms with van der Waals surface area (Å²) in [6.45, 7) is 0. The summed E-state index contributed by atoms with van der Waals surface area (Å²) in [5.41, 5.74) is 0.361. The van der Waals surface area contributed by atoms with Crippen LogP contribution in [0.25, 0.3) is 0 Å². The Morgan fingerprint density at radius 3 is 2.10 bits per heavy atom. The van der Waals surface area contributed by atoms with E-state index in [1.807, 2.05) is 0 Å². The van der Waals surface area contributed by atoms with Crippen molar-refractivity contribution >= 4 is 15.8 Å². The van der Waals surface area contributed by atoms with Gasteiger partial charge in [0.25, 0.3) is 0 Å². The highest BCUT2D eigenvalue weighted by Crippen LogP contribution is 2.16. The van der Waals surface area contributed by atoms with Gasteiger partial charge in [-0.25, -0.2) is 18.1 Å². The van der Waals surface area contributed by atoms with E-state index in [9.17, 15) is 13.2 Å². The Morgan fingerprint density at radius 1 is 0.950 bits per heavy atom. The van der Waals surface area contributed by atoms with E-state index < -0.39 is 15.8 Å². The molecule has 0 fully saturated rings. The molecule has 0 heterocycles. The van der Waals surface area contributed by atoms with E-state index in [1.165, 1.54) is 24.3 Å². The fraction of sp³-hybridized carbons (Fsp3) is 0.0714. The van der Waals surface area contributed by atoms with Crippen molar-refractivity contribution in [2.45, 2.75) is 4.90 Å². The van der Waals surface area contributed by atoms with E-state index in [1.54, 1.807) is 30.3 Å². The maximum Gasteiger partial charge on any atom is 0.386 e. The molecule has 0 bridgehead atoms. The molecule has 2 aromatic rings. The van der Waals surface area contributed by atoms with Crippen LogP contribution in [0.3, 0.4) is 0 Å². The first-order valence-electron chi connectivity index (χ1n) is 5.71. The lowest BCUT2D eigenvalue weighted by atomic mass is 10.2. The molecular formula is C14H12O5S. The van der Waals surface area contributed by atoms with Gasteiger partial charge in [-0.2, -0.15) is 0 Å². The number of rotatable bonds is 4. The summed E-state index contributed by atoms with van der Waals surface area (Å²) in [7, 11) is -3.26. The van der Waals surface area contributed by atoms with Crippen molar-refractivity contribution in [1.82, 2.24) is 0 Å². The van der Waals surface area contributed by atoms with Gasteiger partial charge in [0.05, 0.1) is 10.5 Å². The summed E-state index contributed by atoms with van der Waals surface area (Å²) < 4.78 is 22.5. The van der Waals surface area contributed by atoms with Gasteiger partial charge in [-0.1, -0.05) is 18.2 Å². The minimum absolute atomic E-state index is 0.166. The third-order valence-corrected chi connectivity index (χ3v) is 3.60. The summed E-state index contributed by atoms with van der Waals surface area (Å²) in [5, 5.41) is 0. The van der Waals surface area contributed by atoms with Crippen molar-refractivity contribution in [3.05, 3.63) is 60.2 Å². The summed E-state index contributed by atoms with van der Waals surface area (Å²) in [4.78, 5) is 21.3. The first kappa shape index (κ1) is 14.1. The Kier molecular flexibility index (Phi) is 4.05. The zero-order chi connectivity index (χ0) is 14.6. The molecule has 0 amide bonds. The van der Waals surface area contributed by atoms with Crippen LogP contribution in [0.2, 0.25) is 0 Å². The predicted molar refractivity (Wildman–Crippen MR) is 72.0 cm³/mol. The number of benzene rings is 2. The first-order chi connectivity index (χ1) is 9.47. The van der Waals surface area contributed by atoms with Crippen LogP contribution in [0.5, 0.6) is 5.75 Å². The molecule has 5 nitrogen and oxygen atoms in total. The van der Waals surface area contributed by atoms with Crippen molar-refractivity contribution in [2.24, 2.45) is 0 Å². The topological polar surface area (TPSA) is 69.7 Å². The molecule has 0 aliphatic carbocycles. The van der Waals surface area contributed by atoms with E-state index in [-0.39, 0.29) is 10.6 Å². The maximum absolute atomic E-state index is 11.6. The SMILES string of the molecule is CS(=O)(=O)c1ccc(OOC(=O)c2ccccc2)cc1. The van der Waals surface area contributed by atoms with Gasteiger partial charge in [-0.15, -0.1) is 0 Å². The first-order valence-corrected chi connectivity index (χ1v) is 7.60. The molecule has 0 aliphatic heterocycles. The van der Waals surface area contributed by atoms with Crippen LogP contribution in [0.1, 0.15) is 10.4 Å². The third-order valence-electron chi connectivity index (χ3n) is 2.47. The van der Waals surface area contributed by atoms with Crippen LogP contribution in [0.4, 0.5) is 0 Å². The predicted octanol–water partition coefficient (Wildman–Crippen LogP) is 2.24. The lowest BCUT2D eigenvalue weighted by molar-refractivity contribution is -0.149. The highest BCUT2D eigenvalue weighted by molar-refractivity contribution is 7.90. The number of sulfone groups is 1. The van der Waals surface area contributed by atoms with E-state index in [4.69, 9.17) is 4.89 Å². The second-order valence-electron chi connectivity index (χ2n) is 4.06. The number of hydrogen-bond acceptors (Lipinski definition) is 5. The van der Waals surface area contributed by atoms with Gasteiger partial charge in [0.15, 0.2) is 15.6 Å². The van der Waals surface area contributed by atoms with E-state index >= 15 is 0 Å². The summed E-state index contributed by atoms with van der Waals surface area (Å²) in [5.74, 6) is -0.389. The largest absolute Gasteiger partial charge is 0.386 e. The highest BCUT2D eigenvalue weighted by atomic mass is 32.2. The van der Waals surface area contributed by atoms with Gasteiger partial charge < -0.3 is 0 Å². The van der Waals surface area contributed by atoms with Gasteiger partial charge in [0.1, 0.15) is 0 Å². The molecule has 6 heteroatoms. The average Bonchev–Trinajstić information content (AvgIpc) is 2.45. The zero-order valence-electron chi connectivity index (χ0n) is 10.6. The Morgan fingerprint density at radius 2 is 1.55 bits per heavy atom. The Labute approximate surface area is 116 Å². The molecule has 2 rings (SSSR count). The summed E-state index contributed by atoms with van der Waals surface area (Å²) in [6.07, 6.45) is 1.11. The van der Waals surface area contributed by atoms with Crippen molar-refractivity contribution in [1.29, 1.82) is 0 Å². The molecule has 0 atom stereocenters. The molecule has 20 heavy (non-hydrogen) atoms. The molecule has 0 saturated heterocycles. The number of carbonyl (C=O) groups excluding carboxylic acids is 1. The lowest BCUT2D eigenvalue weighted by Gasteiger charge is -2.05. The van der Waals surface area contributed by atoms with Crippen molar-refractivity contribution in [3.8, 4) is 5.75 Å². The Hall–Kier alpha value is -2.34. The van der Waals surface area contributed by atoms with Crippen LogP contribution >= 0.6 is 0 Å². The average molecular weight is 292 g/mol. The van der Waals surface area contributed by atoms with Gasteiger partial charge in [-0.05, 0) is 36.4 Å². The van der Waals surface area contributed by atoms with Gasteiger partial charge in [0.2, 0.25) is 0 Å². The van der Waals surface area contributed by atoms with Crippen molar-refractivity contribution in [3.63, 3.8) is 0 Å². The van der Waals surface area contributed by atoms with Gasteiger partial charge >= 0.3 is 5.97 Å². The lowest BCUT2D eigenvalue weighted by Crippen LogP contribution is -2.08. The molecular weight excluding hydrogens is 280 g/mol. The molecule has 0 N–H and O–H groups in total. The maximum atomic E-state index is 11.6. The molecule has 0 spiro atoms. The van der Waals surface area contributed by atoms with Crippen LogP contribution in [0, 0.1) is 0 Å². The molecule has 0 aliphatic rings. The summed E-state index contributed by atoms with van der Waals surface area (Å²) in [6, 6.07) is 14.0. The molecule has 0 unspecified atom stereocenters. The van der Waals surface area contributed by atoms with Gasteiger partial charge in [-0.3, -0.25) is 4.89 Å². The van der Waals surface area contributed by atoms with Crippen molar-refractivity contribution in [2.75, 3.05) is 6.26 Å². The minimum atomic E-state index is -3.26.